The second kappa shape index (κ2) is 6.84. The first kappa shape index (κ1) is 15.0. The van der Waals surface area contributed by atoms with E-state index in [0.717, 1.165) is 31.4 Å². The van der Waals surface area contributed by atoms with E-state index in [-0.39, 0.29) is 17.8 Å². The van der Waals surface area contributed by atoms with E-state index >= 15 is 0 Å². The minimum atomic E-state index is -0.273. The van der Waals surface area contributed by atoms with Crippen LogP contribution in [0.1, 0.15) is 31.7 Å². The molecule has 1 aromatic carbocycles. The van der Waals surface area contributed by atoms with Crippen LogP contribution in [0.4, 0.5) is 4.39 Å². The van der Waals surface area contributed by atoms with Crippen LogP contribution in [-0.4, -0.2) is 29.9 Å². The lowest BCUT2D eigenvalue weighted by atomic mass is 9.88. The van der Waals surface area contributed by atoms with Gasteiger partial charge in [0.15, 0.2) is 0 Å². The zero-order valence-electron chi connectivity index (χ0n) is 12.0. The Kier molecular flexibility index (Phi) is 5.12. The Labute approximate surface area is 120 Å². The summed E-state index contributed by atoms with van der Waals surface area (Å²) in [6.07, 6.45) is 3.54. The third kappa shape index (κ3) is 3.57. The summed E-state index contributed by atoms with van der Waals surface area (Å²) < 4.78 is 12.9. The minimum absolute atomic E-state index is 0.0987. The number of nitrogens with two attached hydrogens (primary N) is 1. The van der Waals surface area contributed by atoms with Gasteiger partial charge in [-0.15, -0.1) is 0 Å². The van der Waals surface area contributed by atoms with Crippen molar-refractivity contribution in [2.75, 3.05) is 13.1 Å². The minimum Gasteiger partial charge on any atom is -0.338 e. The lowest BCUT2D eigenvalue weighted by molar-refractivity contribution is -0.134. The topological polar surface area (TPSA) is 46.3 Å². The van der Waals surface area contributed by atoms with Crippen LogP contribution in [0.15, 0.2) is 24.3 Å². The van der Waals surface area contributed by atoms with Crippen molar-refractivity contribution >= 4 is 5.91 Å². The number of likely N-dealkylation sites (tertiary alicyclic amines) is 1. The summed E-state index contributed by atoms with van der Waals surface area (Å²) in [7, 11) is 0. The van der Waals surface area contributed by atoms with Crippen molar-refractivity contribution in [3.05, 3.63) is 35.6 Å². The molecule has 1 aliphatic rings. The summed E-state index contributed by atoms with van der Waals surface area (Å²) in [5.41, 5.74) is 6.67. The number of rotatable bonds is 4. The summed E-state index contributed by atoms with van der Waals surface area (Å²) in [6, 6.07) is 6.28. The van der Waals surface area contributed by atoms with Crippen molar-refractivity contribution in [3.63, 3.8) is 0 Å². The molecular weight excluding hydrogens is 255 g/mol. The van der Waals surface area contributed by atoms with Gasteiger partial charge >= 0.3 is 0 Å². The van der Waals surface area contributed by atoms with Gasteiger partial charge in [0.2, 0.25) is 5.91 Å². The van der Waals surface area contributed by atoms with E-state index in [1.54, 1.807) is 12.1 Å². The van der Waals surface area contributed by atoms with Crippen LogP contribution in [0.3, 0.4) is 0 Å². The number of benzene rings is 1. The number of carbonyl (C=O) groups is 1. The van der Waals surface area contributed by atoms with Gasteiger partial charge in [-0.2, -0.15) is 0 Å². The third-order valence-corrected chi connectivity index (χ3v) is 4.26. The van der Waals surface area contributed by atoms with Crippen LogP contribution in [-0.2, 0) is 11.2 Å². The highest BCUT2D eigenvalue weighted by molar-refractivity contribution is 5.79. The number of amides is 1. The molecule has 2 unspecified atom stereocenters. The van der Waals surface area contributed by atoms with Crippen LogP contribution in [0.25, 0.3) is 0 Å². The van der Waals surface area contributed by atoms with Gasteiger partial charge in [0.1, 0.15) is 5.82 Å². The smallest absolute Gasteiger partial charge is 0.227 e. The molecule has 110 valence electrons. The Balaban J connectivity index is 1.99. The average Bonchev–Trinajstić information content (AvgIpc) is 2.48. The van der Waals surface area contributed by atoms with Gasteiger partial charge in [-0.25, -0.2) is 4.39 Å². The first-order valence-corrected chi connectivity index (χ1v) is 7.38. The average molecular weight is 278 g/mol. The van der Waals surface area contributed by atoms with E-state index in [2.05, 4.69) is 6.92 Å². The number of hydrogen-bond donors (Lipinski definition) is 1. The lowest BCUT2D eigenvalue weighted by Gasteiger charge is -2.39. The van der Waals surface area contributed by atoms with Gasteiger partial charge in [-0.3, -0.25) is 4.79 Å². The first-order valence-electron chi connectivity index (χ1n) is 7.38. The quantitative estimate of drug-likeness (QED) is 0.919. The Morgan fingerprint density at radius 3 is 2.70 bits per heavy atom. The Morgan fingerprint density at radius 2 is 2.10 bits per heavy atom. The van der Waals surface area contributed by atoms with Gasteiger partial charge < -0.3 is 10.6 Å². The van der Waals surface area contributed by atoms with Crippen LogP contribution >= 0.6 is 0 Å². The predicted octanol–water partition coefficient (Wildman–Crippen LogP) is 2.34. The molecule has 1 aliphatic heterocycles. The molecule has 1 fully saturated rings. The number of halogens is 1. The predicted molar refractivity (Wildman–Crippen MR) is 77.7 cm³/mol. The molecule has 1 amide bonds. The fourth-order valence-corrected chi connectivity index (χ4v) is 2.94. The maximum atomic E-state index is 12.9. The number of piperidine rings is 1. The lowest BCUT2D eigenvalue weighted by Crippen LogP contribution is -2.50. The number of carbonyl (C=O) groups excluding carboxylic acids is 1. The van der Waals surface area contributed by atoms with Gasteiger partial charge in [0, 0.05) is 19.1 Å². The first-order chi connectivity index (χ1) is 9.63. The van der Waals surface area contributed by atoms with Crippen molar-refractivity contribution in [1.82, 2.24) is 4.90 Å². The fraction of sp³-hybridized carbons (Fsp3) is 0.562. The highest BCUT2D eigenvalue weighted by atomic mass is 19.1. The van der Waals surface area contributed by atoms with Gasteiger partial charge in [-0.1, -0.05) is 25.5 Å². The zero-order valence-corrected chi connectivity index (χ0v) is 12.0. The van der Waals surface area contributed by atoms with Crippen LogP contribution < -0.4 is 5.73 Å². The summed E-state index contributed by atoms with van der Waals surface area (Å²) >= 11 is 0. The molecule has 2 atom stereocenters. The fourth-order valence-electron chi connectivity index (χ4n) is 2.94. The zero-order chi connectivity index (χ0) is 14.5. The van der Waals surface area contributed by atoms with E-state index < -0.39 is 0 Å². The highest BCUT2D eigenvalue weighted by Crippen LogP contribution is 2.25. The summed E-state index contributed by atoms with van der Waals surface area (Å²) in [6.45, 7) is 3.50. The molecule has 2 N–H and O–H groups in total. The van der Waals surface area contributed by atoms with Gasteiger partial charge in [0.05, 0.1) is 6.42 Å². The molecule has 20 heavy (non-hydrogen) atoms. The summed E-state index contributed by atoms with van der Waals surface area (Å²) in [5, 5.41) is 0. The van der Waals surface area contributed by atoms with Crippen LogP contribution in [0.5, 0.6) is 0 Å². The molecule has 0 bridgehead atoms. The molecule has 0 aromatic heterocycles. The van der Waals surface area contributed by atoms with Crippen LogP contribution in [0, 0.1) is 11.7 Å². The van der Waals surface area contributed by atoms with Crippen molar-refractivity contribution in [1.29, 1.82) is 0 Å². The normalized spacial score (nSPS) is 22.9. The molecule has 0 radical (unpaired) electrons. The highest BCUT2D eigenvalue weighted by Gasteiger charge is 2.29. The maximum absolute atomic E-state index is 12.9. The molecule has 4 heteroatoms. The van der Waals surface area contributed by atoms with Crippen LogP contribution in [0.2, 0.25) is 0 Å². The molecule has 3 nitrogen and oxygen atoms in total. The van der Waals surface area contributed by atoms with E-state index in [0.29, 0.717) is 18.9 Å². The summed E-state index contributed by atoms with van der Waals surface area (Å²) in [4.78, 5) is 14.3. The van der Waals surface area contributed by atoms with Crippen molar-refractivity contribution in [2.45, 2.75) is 38.6 Å². The van der Waals surface area contributed by atoms with E-state index in [4.69, 9.17) is 5.73 Å². The van der Waals surface area contributed by atoms with Gasteiger partial charge in [0.25, 0.3) is 0 Å². The molecule has 1 heterocycles. The largest absolute Gasteiger partial charge is 0.338 e. The van der Waals surface area contributed by atoms with Gasteiger partial charge in [-0.05, 0) is 36.5 Å². The monoisotopic (exact) mass is 278 g/mol. The Bertz CT molecular complexity index is 446. The van der Waals surface area contributed by atoms with Crippen molar-refractivity contribution in [2.24, 2.45) is 11.7 Å². The van der Waals surface area contributed by atoms with E-state index in [1.165, 1.54) is 12.1 Å². The third-order valence-electron chi connectivity index (χ3n) is 4.26. The number of hydrogen-bond acceptors (Lipinski definition) is 2. The molecule has 0 aliphatic carbocycles. The standard InChI is InChI=1S/C16H23FN2O/c1-2-12-7-8-19(15(9-12)11-18)16(20)10-13-3-5-14(17)6-4-13/h3-6,12,15H,2,7-11,18H2,1H3. The molecular formula is C16H23FN2O. The maximum Gasteiger partial charge on any atom is 0.227 e. The molecule has 0 spiro atoms. The Hall–Kier alpha value is -1.42. The molecule has 2 rings (SSSR count). The number of nitrogens with zero attached hydrogens (tertiary/aromatic N) is 1. The van der Waals surface area contributed by atoms with E-state index in [1.807, 2.05) is 4.90 Å². The Morgan fingerprint density at radius 1 is 1.40 bits per heavy atom. The van der Waals surface area contributed by atoms with Crippen molar-refractivity contribution in [3.8, 4) is 0 Å². The SMILES string of the molecule is CCC1CCN(C(=O)Cc2ccc(F)cc2)C(CN)C1. The molecule has 1 aromatic rings. The molecule has 0 saturated carbocycles. The summed E-state index contributed by atoms with van der Waals surface area (Å²) in [5.74, 6) is 0.504. The van der Waals surface area contributed by atoms with E-state index in [9.17, 15) is 9.18 Å². The molecule has 1 saturated heterocycles. The second-order valence-electron chi connectivity index (χ2n) is 5.58. The second-order valence-corrected chi connectivity index (χ2v) is 5.58. The van der Waals surface area contributed by atoms with Crippen molar-refractivity contribution < 1.29 is 9.18 Å².